The minimum Gasteiger partial charge on any atom is -0.147 e. The van der Waals surface area contributed by atoms with E-state index in [1.165, 1.54) is 4.88 Å². The van der Waals surface area contributed by atoms with Gasteiger partial charge in [0.25, 0.3) is 0 Å². The maximum absolute atomic E-state index is 5.78. The fourth-order valence-corrected chi connectivity index (χ4v) is 1.87. The smallest absolute Gasteiger partial charge is 0.0515 e. The predicted octanol–water partition coefficient (Wildman–Crippen LogP) is 3.70. The highest BCUT2D eigenvalue weighted by atomic mass is 35.5. The lowest BCUT2D eigenvalue weighted by Crippen LogP contribution is -2.07. The Labute approximate surface area is 70.8 Å². The molecule has 0 aliphatic rings. The van der Waals surface area contributed by atoms with E-state index in [1.54, 1.807) is 11.3 Å². The first kappa shape index (κ1) is 8.09. The van der Waals surface area contributed by atoms with Crippen LogP contribution in [0.4, 0.5) is 0 Å². The van der Waals surface area contributed by atoms with Gasteiger partial charge in [0.05, 0.1) is 5.02 Å². The molecular formula is C8H11ClS. The van der Waals surface area contributed by atoms with Crippen molar-refractivity contribution >= 4 is 22.9 Å². The minimum absolute atomic E-state index is 0.248. The third-order valence-electron chi connectivity index (χ3n) is 1.31. The molecule has 2 heteroatoms. The molecule has 0 aliphatic carbocycles. The molecule has 0 radical (unpaired) electrons. The van der Waals surface area contributed by atoms with Crippen molar-refractivity contribution in [1.82, 2.24) is 0 Å². The predicted molar refractivity (Wildman–Crippen MR) is 48.0 cm³/mol. The first-order chi connectivity index (χ1) is 4.50. The van der Waals surface area contributed by atoms with Gasteiger partial charge in [-0.15, -0.1) is 11.3 Å². The van der Waals surface area contributed by atoms with Crippen LogP contribution in [-0.4, -0.2) is 0 Å². The van der Waals surface area contributed by atoms with Gasteiger partial charge in [0.15, 0.2) is 0 Å². The van der Waals surface area contributed by atoms with E-state index in [-0.39, 0.29) is 5.41 Å². The molecule has 1 aromatic heterocycles. The van der Waals surface area contributed by atoms with Gasteiger partial charge < -0.3 is 0 Å². The van der Waals surface area contributed by atoms with Crippen molar-refractivity contribution < 1.29 is 0 Å². The summed E-state index contributed by atoms with van der Waals surface area (Å²) < 4.78 is 0. The average Bonchev–Trinajstić information content (AvgIpc) is 2.11. The molecule has 0 amide bonds. The second kappa shape index (κ2) is 2.55. The highest BCUT2D eigenvalue weighted by molar-refractivity contribution is 7.10. The Balaban J connectivity index is 2.96. The lowest BCUT2D eigenvalue weighted by atomic mass is 9.95. The van der Waals surface area contributed by atoms with Crippen molar-refractivity contribution in [2.45, 2.75) is 26.2 Å². The van der Waals surface area contributed by atoms with Crippen molar-refractivity contribution in [3.8, 4) is 0 Å². The summed E-state index contributed by atoms with van der Waals surface area (Å²) >= 11 is 7.50. The normalized spacial score (nSPS) is 12.0. The third kappa shape index (κ3) is 1.74. The van der Waals surface area contributed by atoms with Gasteiger partial charge in [0.2, 0.25) is 0 Å². The minimum atomic E-state index is 0.248. The molecule has 0 aromatic carbocycles. The van der Waals surface area contributed by atoms with Crippen LogP contribution in [-0.2, 0) is 5.41 Å². The van der Waals surface area contributed by atoms with Crippen molar-refractivity contribution in [2.75, 3.05) is 0 Å². The monoisotopic (exact) mass is 174 g/mol. The standard InChI is InChI=1S/C8H11ClS/c1-8(2,3)7-4-6(9)5-10-7/h4-5H,1-3H3. The van der Waals surface area contributed by atoms with Crippen LogP contribution in [0.1, 0.15) is 25.6 Å². The molecule has 56 valence electrons. The van der Waals surface area contributed by atoms with Crippen LogP contribution in [0.3, 0.4) is 0 Å². The molecule has 0 spiro atoms. The fraction of sp³-hybridized carbons (Fsp3) is 0.500. The first-order valence-electron chi connectivity index (χ1n) is 3.24. The average molecular weight is 175 g/mol. The molecule has 10 heavy (non-hydrogen) atoms. The molecule has 0 fully saturated rings. The summed E-state index contributed by atoms with van der Waals surface area (Å²) in [5, 5.41) is 2.83. The van der Waals surface area contributed by atoms with Gasteiger partial charge >= 0.3 is 0 Å². The highest BCUT2D eigenvalue weighted by Gasteiger charge is 2.14. The summed E-state index contributed by atoms with van der Waals surface area (Å²) in [4.78, 5) is 1.34. The van der Waals surface area contributed by atoms with Crippen LogP contribution in [0.2, 0.25) is 5.02 Å². The largest absolute Gasteiger partial charge is 0.147 e. The zero-order valence-electron chi connectivity index (χ0n) is 6.44. The maximum Gasteiger partial charge on any atom is 0.0515 e. The van der Waals surface area contributed by atoms with Crippen LogP contribution >= 0.6 is 22.9 Å². The lowest BCUT2D eigenvalue weighted by molar-refractivity contribution is 0.604. The molecule has 0 N–H and O–H groups in total. The zero-order chi connectivity index (χ0) is 7.78. The maximum atomic E-state index is 5.78. The highest BCUT2D eigenvalue weighted by Crippen LogP contribution is 2.30. The van der Waals surface area contributed by atoms with Crippen molar-refractivity contribution in [3.05, 3.63) is 21.3 Å². The Morgan fingerprint density at radius 3 is 2.20 bits per heavy atom. The van der Waals surface area contributed by atoms with Crippen LogP contribution < -0.4 is 0 Å². The number of hydrogen-bond donors (Lipinski definition) is 0. The molecule has 0 atom stereocenters. The molecule has 0 nitrogen and oxygen atoms in total. The van der Waals surface area contributed by atoms with E-state index in [0.29, 0.717) is 0 Å². The Bertz CT molecular complexity index is 219. The number of hydrogen-bond acceptors (Lipinski definition) is 1. The van der Waals surface area contributed by atoms with Crippen molar-refractivity contribution in [1.29, 1.82) is 0 Å². The topological polar surface area (TPSA) is 0 Å². The molecule has 0 saturated heterocycles. The van der Waals surface area contributed by atoms with Crippen LogP contribution in [0, 0.1) is 0 Å². The lowest BCUT2D eigenvalue weighted by Gasteiger charge is -2.14. The molecule has 0 unspecified atom stereocenters. The summed E-state index contributed by atoms with van der Waals surface area (Å²) in [6.07, 6.45) is 0. The number of rotatable bonds is 0. The Hall–Kier alpha value is -0.0100. The quantitative estimate of drug-likeness (QED) is 0.563. The molecule has 0 bridgehead atoms. The van der Waals surface area contributed by atoms with Gasteiger partial charge in [0, 0.05) is 10.3 Å². The SMILES string of the molecule is CC(C)(C)c1cc(Cl)cs1. The van der Waals surface area contributed by atoms with Crippen molar-refractivity contribution in [2.24, 2.45) is 0 Å². The summed E-state index contributed by atoms with van der Waals surface area (Å²) in [6, 6.07) is 2.03. The Kier molecular flexibility index (Phi) is 2.07. The van der Waals surface area contributed by atoms with Gasteiger partial charge in [-0.25, -0.2) is 0 Å². The molecule has 1 aromatic rings. The van der Waals surface area contributed by atoms with Crippen LogP contribution in [0.5, 0.6) is 0 Å². The second-order valence-electron chi connectivity index (χ2n) is 3.38. The van der Waals surface area contributed by atoms with Gasteiger partial charge in [-0.05, 0) is 11.5 Å². The van der Waals surface area contributed by atoms with Crippen LogP contribution in [0.25, 0.3) is 0 Å². The van der Waals surface area contributed by atoms with E-state index in [9.17, 15) is 0 Å². The molecule has 0 saturated carbocycles. The summed E-state index contributed by atoms with van der Waals surface area (Å²) in [6.45, 7) is 6.57. The Morgan fingerprint density at radius 2 is 2.00 bits per heavy atom. The van der Waals surface area contributed by atoms with E-state index < -0.39 is 0 Å². The number of halogens is 1. The van der Waals surface area contributed by atoms with E-state index in [0.717, 1.165) is 5.02 Å². The fourth-order valence-electron chi connectivity index (χ4n) is 0.706. The van der Waals surface area contributed by atoms with Gasteiger partial charge in [-0.2, -0.15) is 0 Å². The van der Waals surface area contributed by atoms with Gasteiger partial charge in [0.1, 0.15) is 0 Å². The zero-order valence-corrected chi connectivity index (χ0v) is 8.01. The number of thiophene rings is 1. The summed E-state index contributed by atoms with van der Waals surface area (Å²) in [5.74, 6) is 0. The third-order valence-corrected chi connectivity index (χ3v) is 3.01. The van der Waals surface area contributed by atoms with Crippen LogP contribution in [0.15, 0.2) is 11.4 Å². The van der Waals surface area contributed by atoms with E-state index in [1.807, 2.05) is 11.4 Å². The summed E-state index contributed by atoms with van der Waals surface area (Å²) in [5.41, 5.74) is 0.248. The first-order valence-corrected chi connectivity index (χ1v) is 4.50. The van der Waals surface area contributed by atoms with E-state index in [2.05, 4.69) is 20.8 Å². The molecule has 1 rings (SSSR count). The second-order valence-corrected chi connectivity index (χ2v) is 4.73. The van der Waals surface area contributed by atoms with E-state index in [4.69, 9.17) is 11.6 Å². The summed E-state index contributed by atoms with van der Waals surface area (Å²) in [7, 11) is 0. The molecule has 1 heterocycles. The van der Waals surface area contributed by atoms with Gasteiger partial charge in [-0.3, -0.25) is 0 Å². The Morgan fingerprint density at radius 1 is 1.40 bits per heavy atom. The van der Waals surface area contributed by atoms with Gasteiger partial charge in [-0.1, -0.05) is 32.4 Å². The van der Waals surface area contributed by atoms with E-state index >= 15 is 0 Å². The molecular weight excluding hydrogens is 164 g/mol. The molecule has 0 aliphatic heterocycles. The van der Waals surface area contributed by atoms with Crippen molar-refractivity contribution in [3.63, 3.8) is 0 Å².